The Morgan fingerprint density at radius 1 is 1.07 bits per heavy atom. The van der Waals surface area contributed by atoms with E-state index in [0.717, 1.165) is 61.6 Å². The Hall–Kier alpha value is -2.37. The molecule has 9 rings (SSSR count). The summed E-state index contributed by atoms with van der Waals surface area (Å²) >= 11 is 0. The lowest BCUT2D eigenvalue weighted by molar-refractivity contribution is -0.292. The first kappa shape index (κ1) is 25.3. The van der Waals surface area contributed by atoms with E-state index in [4.69, 9.17) is 14.2 Å². The highest BCUT2D eigenvalue weighted by Gasteiger charge is 2.84. The van der Waals surface area contributed by atoms with E-state index < -0.39 is 11.0 Å². The molecule has 40 heavy (non-hydrogen) atoms. The number of Topliss-reactive ketones (excluding diaryl/α,β-unsaturated/α-hetero) is 1. The van der Waals surface area contributed by atoms with Crippen LogP contribution in [-0.4, -0.2) is 55.7 Å². The summed E-state index contributed by atoms with van der Waals surface area (Å²) in [4.78, 5) is 17.7. The smallest absolute Gasteiger partial charge is 0.171 e. The van der Waals surface area contributed by atoms with Crippen molar-refractivity contribution in [3.63, 3.8) is 0 Å². The van der Waals surface area contributed by atoms with Crippen LogP contribution in [0.5, 0.6) is 11.5 Å². The van der Waals surface area contributed by atoms with Gasteiger partial charge >= 0.3 is 0 Å². The third-order valence-electron chi connectivity index (χ3n) is 12.6. The van der Waals surface area contributed by atoms with E-state index in [1.165, 1.54) is 36.1 Å². The molecule has 0 amide bonds. The van der Waals surface area contributed by atoms with E-state index >= 15 is 0 Å². The SMILES string of the molecule is COc1ccc2c3c1O[C@H]1[C@@]4(OC)CC[C@@]5(C[C@@]4(C)C(=O)c4ccc(C(C)C)cc4)[C@@H](C2)N(CC2CC2)CC[C@]315. The summed E-state index contributed by atoms with van der Waals surface area (Å²) in [6.07, 6.45) is 7.39. The predicted octanol–water partition coefficient (Wildman–Crippen LogP) is 6.32. The van der Waals surface area contributed by atoms with Crippen LogP contribution in [0.3, 0.4) is 0 Å². The van der Waals surface area contributed by atoms with Crippen LogP contribution in [0, 0.1) is 16.7 Å². The third-order valence-corrected chi connectivity index (χ3v) is 12.6. The molecule has 4 saturated carbocycles. The summed E-state index contributed by atoms with van der Waals surface area (Å²) in [5.41, 5.74) is 3.29. The Balaban J connectivity index is 1.33. The number of likely N-dealkylation sites (tertiary alicyclic amines) is 1. The molecule has 0 aromatic heterocycles. The highest BCUT2D eigenvalue weighted by Crippen LogP contribution is 2.79. The van der Waals surface area contributed by atoms with Gasteiger partial charge in [0.25, 0.3) is 0 Å². The number of fused-ring (bicyclic) bond motifs is 2. The van der Waals surface area contributed by atoms with Crippen LogP contribution < -0.4 is 9.47 Å². The fourth-order valence-corrected chi connectivity index (χ4v) is 10.6. The second-order valence-corrected chi connectivity index (χ2v) is 14.4. The highest BCUT2D eigenvalue weighted by molar-refractivity contribution is 6.02. The minimum absolute atomic E-state index is 0.0298. The normalized spacial score (nSPS) is 38.8. The topological polar surface area (TPSA) is 48.0 Å². The van der Waals surface area contributed by atoms with E-state index in [1.807, 2.05) is 7.11 Å². The molecule has 4 bridgehead atoms. The van der Waals surface area contributed by atoms with Crippen molar-refractivity contribution in [2.24, 2.45) is 16.7 Å². The quantitative estimate of drug-likeness (QED) is 0.384. The molecule has 6 atom stereocenters. The molecule has 0 unspecified atom stereocenters. The van der Waals surface area contributed by atoms with E-state index in [0.29, 0.717) is 12.0 Å². The van der Waals surface area contributed by atoms with Crippen molar-refractivity contribution in [2.75, 3.05) is 27.3 Å². The molecule has 0 N–H and O–H groups in total. The summed E-state index contributed by atoms with van der Waals surface area (Å²) in [5, 5.41) is 0. The maximum Gasteiger partial charge on any atom is 0.171 e. The molecule has 5 fully saturated rings. The standard InChI is InChI=1S/C35H43NO4/c1-21(2)23-8-10-24(11-9-23)30(37)32(3)20-33-14-15-35(32,39-5)31-34(33)16-17-36(19-22-6-7-22)27(33)18-25-12-13-26(38-4)29(40-31)28(25)34/h8-13,21-22,27,31H,6-7,14-20H2,1-5H3/t27-,31-,32+,33-,34+,35+/m1/s1. The van der Waals surface area contributed by atoms with Crippen LogP contribution in [0.25, 0.3) is 0 Å². The highest BCUT2D eigenvalue weighted by atomic mass is 16.6. The van der Waals surface area contributed by atoms with Gasteiger partial charge in [-0.2, -0.15) is 0 Å². The van der Waals surface area contributed by atoms with Crippen LogP contribution >= 0.6 is 0 Å². The van der Waals surface area contributed by atoms with Gasteiger partial charge in [-0.3, -0.25) is 9.69 Å². The maximum atomic E-state index is 14.8. The van der Waals surface area contributed by atoms with Crippen molar-refractivity contribution in [1.29, 1.82) is 0 Å². The van der Waals surface area contributed by atoms with Crippen LogP contribution in [0.4, 0.5) is 0 Å². The number of hydrogen-bond acceptors (Lipinski definition) is 5. The monoisotopic (exact) mass is 541 g/mol. The van der Waals surface area contributed by atoms with Gasteiger partial charge in [0.2, 0.25) is 0 Å². The Morgan fingerprint density at radius 2 is 1.85 bits per heavy atom. The first-order chi connectivity index (χ1) is 19.2. The average Bonchev–Trinajstić information content (AvgIpc) is 3.71. The van der Waals surface area contributed by atoms with Gasteiger partial charge in [0, 0.05) is 41.7 Å². The molecule has 1 saturated heterocycles. The van der Waals surface area contributed by atoms with Gasteiger partial charge in [-0.05, 0) is 87.4 Å². The summed E-state index contributed by atoms with van der Waals surface area (Å²) in [5.74, 6) is 3.22. The number of benzene rings is 2. The summed E-state index contributed by atoms with van der Waals surface area (Å²) < 4.78 is 19.8. The van der Waals surface area contributed by atoms with Gasteiger partial charge in [0.05, 0.1) is 12.5 Å². The van der Waals surface area contributed by atoms with E-state index in [2.05, 4.69) is 62.1 Å². The lowest BCUT2D eigenvalue weighted by Gasteiger charge is -2.76. The van der Waals surface area contributed by atoms with Crippen molar-refractivity contribution >= 4 is 5.78 Å². The molecular formula is C35H43NO4. The van der Waals surface area contributed by atoms with Gasteiger partial charge in [-0.15, -0.1) is 0 Å². The fourth-order valence-electron chi connectivity index (χ4n) is 10.6. The zero-order valence-electron chi connectivity index (χ0n) is 24.7. The molecule has 5 heteroatoms. The molecule has 2 aromatic rings. The molecule has 2 aromatic carbocycles. The number of hydrogen-bond donors (Lipinski definition) is 0. The van der Waals surface area contributed by atoms with Crippen LogP contribution in [-0.2, 0) is 16.6 Å². The summed E-state index contributed by atoms with van der Waals surface area (Å²) in [7, 11) is 3.57. The lowest BCUT2D eigenvalue weighted by Crippen LogP contribution is -2.84. The Labute approximate surface area is 238 Å². The number of rotatable bonds is 7. The second-order valence-electron chi connectivity index (χ2n) is 14.4. The largest absolute Gasteiger partial charge is 0.493 e. The van der Waals surface area contributed by atoms with Crippen molar-refractivity contribution in [2.45, 2.75) is 94.8 Å². The number of carbonyl (C=O) groups is 1. The molecule has 0 radical (unpaired) electrons. The number of carbonyl (C=O) groups excluding carboxylic acids is 1. The molecule has 2 aliphatic heterocycles. The van der Waals surface area contributed by atoms with Crippen LogP contribution in [0.15, 0.2) is 36.4 Å². The maximum absolute atomic E-state index is 14.8. The van der Waals surface area contributed by atoms with Crippen molar-refractivity contribution < 1.29 is 19.0 Å². The number of methoxy groups -OCH3 is 2. The van der Waals surface area contributed by atoms with E-state index in [-0.39, 0.29) is 22.7 Å². The van der Waals surface area contributed by atoms with Crippen LogP contribution in [0.2, 0.25) is 0 Å². The molecule has 212 valence electrons. The van der Waals surface area contributed by atoms with Gasteiger partial charge in [-0.1, -0.05) is 44.2 Å². The van der Waals surface area contributed by atoms with Crippen LogP contribution in [0.1, 0.15) is 92.3 Å². The summed E-state index contributed by atoms with van der Waals surface area (Å²) in [6.45, 7) is 8.90. The zero-order chi connectivity index (χ0) is 27.7. The van der Waals surface area contributed by atoms with Gasteiger partial charge in [0.1, 0.15) is 11.7 Å². The first-order valence-corrected chi connectivity index (χ1v) is 15.6. The van der Waals surface area contributed by atoms with Gasteiger partial charge < -0.3 is 14.2 Å². The number of ketones is 1. The molecule has 5 aliphatic carbocycles. The number of piperidine rings is 1. The Bertz CT molecular complexity index is 1400. The average molecular weight is 542 g/mol. The Kier molecular flexibility index (Phi) is 5.15. The fraction of sp³-hybridized carbons (Fsp3) is 0.629. The third kappa shape index (κ3) is 2.80. The predicted molar refractivity (Wildman–Crippen MR) is 154 cm³/mol. The van der Waals surface area contributed by atoms with Crippen molar-refractivity contribution in [3.05, 3.63) is 58.7 Å². The zero-order valence-corrected chi connectivity index (χ0v) is 24.7. The summed E-state index contributed by atoms with van der Waals surface area (Å²) in [6, 6.07) is 13.2. The second kappa shape index (κ2) is 8.13. The van der Waals surface area contributed by atoms with Gasteiger partial charge in [0.15, 0.2) is 17.3 Å². The molecule has 5 nitrogen and oxygen atoms in total. The van der Waals surface area contributed by atoms with Crippen molar-refractivity contribution in [3.8, 4) is 11.5 Å². The Morgan fingerprint density at radius 3 is 2.52 bits per heavy atom. The lowest BCUT2D eigenvalue weighted by atomic mass is 9.31. The van der Waals surface area contributed by atoms with E-state index in [9.17, 15) is 4.79 Å². The van der Waals surface area contributed by atoms with Gasteiger partial charge in [-0.25, -0.2) is 0 Å². The minimum Gasteiger partial charge on any atom is -0.493 e. The number of ether oxygens (including phenoxy) is 3. The number of nitrogens with zero attached hydrogens (tertiary/aromatic N) is 1. The van der Waals surface area contributed by atoms with E-state index in [1.54, 1.807) is 7.11 Å². The van der Waals surface area contributed by atoms with Crippen molar-refractivity contribution in [1.82, 2.24) is 4.90 Å². The molecule has 2 spiro atoms. The first-order valence-electron chi connectivity index (χ1n) is 15.6. The molecule has 2 heterocycles. The molecule has 7 aliphatic rings. The molecular weight excluding hydrogens is 498 g/mol. The minimum atomic E-state index is -0.704.